The van der Waals surface area contributed by atoms with Crippen molar-refractivity contribution in [1.29, 1.82) is 0 Å². The number of benzene rings is 1. The minimum atomic E-state index is -0.751. The molecule has 0 aliphatic rings. The number of rotatable bonds is 2. The second-order valence-electron chi connectivity index (χ2n) is 7.25. The molecular weight excluding hydrogens is 442 g/mol. The van der Waals surface area contributed by atoms with Gasteiger partial charge in [0.05, 0.1) is 6.54 Å². The highest BCUT2D eigenvalue weighted by atomic mass is 79.9. The average molecular weight is 465 g/mol. The highest BCUT2D eigenvalue weighted by Gasteiger charge is 2.32. The van der Waals surface area contributed by atoms with E-state index in [1.54, 1.807) is 41.5 Å². The lowest BCUT2D eigenvalue weighted by atomic mass is 10.2. The number of ether oxygens (including phenoxy) is 2. The van der Waals surface area contributed by atoms with Crippen molar-refractivity contribution in [2.24, 2.45) is 0 Å². The zero-order valence-corrected chi connectivity index (χ0v) is 17.9. The van der Waals surface area contributed by atoms with Gasteiger partial charge >= 0.3 is 12.2 Å². The third-order valence-electron chi connectivity index (χ3n) is 2.61. The monoisotopic (exact) mass is 463 g/mol. The quantitative estimate of drug-likeness (QED) is 0.547. The van der Waals surface area contributed by atoms with Gasteiger partial charge in [-0.1, -0.05) is 37.9 Å². The first kappa shape index (κ1) is 21.0. The number of hydrogen-bond acceptors (Lipinski definition) is 4. The van der Waals surface area contributed by atoms with Crippen LogP contribution in [-0.4, -0.2) is 28.3 Å². The molecule has 134 valence electrons. The van der Waals surface area contributed by atoms with Gasteiger partial charge in [-0.15, -0.1) is 0 Å². The Morgan fingerprint density at radius 1 is 0.917 bits per heavy atom. The normalized spacial score (nSPS) is 11.8. The zero-order valence-electron chi connectivity index (χ0n) is 14.8. The molecular formula is C17H23Br2NO4. The molecule has 0 unspecified atom stereocenters. The van der Waals surface area contributed by atoms with Crippen molar-refractivity contribution in [1.82, 2.24) is 4.90 Å². The van der Waals surface area contributed by atoms with E-state index in [9.17, 15) is 9.59 Å². The lowest BCUT2D eigenvalue weighted by Crippen LogP contribution is -2.43. The highest BCUT2D eigenvalue weighted by Crippen LogP contribution is 2.28. The van der Waals surface area contributed by atoms with Gasteiger partial charge < -0.3 is 9.47 Å². The summed E-state index contributed by atoms with van der Waals surface area (Å²) in [6.45, 7) is 10.5. The third kappa shape index (κ3) is 6.81. The number of carbonyl (C=O) groups excluding carboxylic acids is 2. The van der Waals surface area contributed by atoms with Crippen LogP contribution in [0.1, 0.15) is 47.1 Å². The molecule has 24 heavy (non-hydrogen) atoms. The fraction of sp³-hybridized carbons (Fsp3) is 0.529. The zero-order chi connectivity index (χ0) is 18.7. The first-order valence-electron chi connectivity index (χ1n) is 7.46. The Bertz CT molecular complexity index is 570. The maximum absolute atomic E-state index is 12.5. The van der Waals surface area contributed by atoms with Crippen LogP contribution in [0.3, 0.4) is 0 Å². The Morgan fingerprint density at radius 2 is 1.29 bits per heavy atom. The van der Waals surface area contributed by atoms with Crippen LogP contribution >= 0.6 is 31.9 Å². The molecule has 0 saturated heterocycles. The minimum absolute atomic E-state index is 0.0197. The van der Waals surface area contributed by atoms with Crippen LogP contribution in [0, 0.1) is 0 Å². The van der Waals surface area contributed by atoms with E-state index in [4.69, 9.17) is 9.47 Å². The number of halogens is 2. The van der Waals surface area contributed by atoms with E-state index < -0.39 is 23.4 Å². The van der Waals surface area contributed by atoms with E-state index in [0.29, 0.717) is 0 Å². The molecule has 1 rings (SSSR count). The van der Waals surface area contributed by atoms with Gasteiger partial charge in [-0.25, -0.2) is 14.5 Å². The molecule has 0 spiro atoms. The average Bonchev–Trinajstić information content (AvgIpc) is 2.33. The van der Waals surface area contributed by atoms with E-state index in [0.717, 1.165) is 19.4 Å². The molecule has 1 aromatic rings. The molecule has 0 heterocycles. The van der Waals surface area contributed by atoms with E-state index in [1.807, 2.05) is 18.2 Å². The maximum atomic E-state index is 12.5. The van der Waals surface area contributed by atoms with E-state index >= 15 is 0 Å². The lowest BCUT2D eigenvalue weighted by molar-refractivity contribution is -0.000312. The Morgan fingerprint density at radius 3 is 1.62 bits per heavy atom. The summed E-state index contributed by atoms with van der Waals surface area (Å²) in [5.41, 5.74) is -0.695. The summed E-state index contributed by atoms with van der Waals surface area (Å²) in [6, 6.07) is 5.52. The second-order valence-corrected chi connectivity index (χ2v) is 8.96. The second kappa shape index (κ2) is 7.87. The fourth-order valence-corrected chi connectivity index (χ4v) is 2.93. The predicted molar refractivity (Wildman–Crippen MR) is 99.9 cm³/mol. The molecule has 0 saturated carbocycles. The molecule has 0 aromatic heterocycles. The number of imide groups is 1. The molecule has 1 aromatic carbocycles. The van der Waals surface area contributed by atoms with Crippen molar-refractivity contribution < 1.29 is 19.1 Å². The van der Waals surface area contributed by atoms with Crippen molar-refractivity contribution in [3.05, 3.63) is 32.7 Å². The SMILES string of the molecule is CC(C)(C)OC(=O)N(Cc1c(Br)cccc1Br)C(=O)OC(C)(C)C. The van der Waals surface area contributed by atoms with Gasteiger partial charge in [0.2, 0.25) is 0 Å². The molecule has 7 heteroatoms. The Labute approximate surface area is 159 Å². The topological polar surface area (TPSA) is 55.8 Å². The van der Waals surface area contributed by atoms with Crippen LogP contribution in [0.5, 0.6) is 0 Å². The lowest BCUT2D eigenvalue weighted by Gasteiger charge is -2.29. The molecule has 0 fully saturated rings. The van der Waals surface area contributed by atoms with Crippen LogP contribution in [0.15, 0.2) is 27.1 Å². The van der Waals surface area contributed by atoms with Gasteiger partial charge in [-0.2, -0.15) is 0 Å². The van der Waals surface area contributed by atoms with Crippen LogP contribution in [0.2, 0.25) is 0 Å². The summed E-state index contributed by atoms with van der Waals surface area (Å²) >= 11 is 6.87. The van der Waals surface area contributed by atoms with Gasteiger partial charge in [-0.3, -0.25) is 0 Å². The molecule has 2 amide bonds. The minimum Gasteiger partial charge on any atom is -0.443 e. The van der Waals surface area contributed by atoms with Gasteiger partial charge in [0.15, 0.2) is 0 Å². The molecule has 0 N–H and O–H groups in total. The predicted octanol–water partition coefficient (Wildman–Crippen LogP) is 5.88. The molecule has 0 radical (unpaired) electrons. The third-order valence-corrected chi connectivity index (χ3v) is 4.09. The highest BCUT2D eigenvalue weighted by molar-refractivity contribution is 9.11. The van der Waals surface area contributed by atoms with Crippen LogP contribution in [0.4, 0.5) is 9.59 Å². The van der Waals surface area contributed by atoms with Crippen LogP contribution in [-0.2, 0) is 16.0 Å². The molecule has 5 nitrogen and oxygen atoms in total. The summed E-state index contributed by atoms with van der Waals surface area (Å²) in [4.78, 5) is 25.9. The smallest absolute Gasteiger partial charge is 0.420 e. The Hall–Kier alpha value is -1.08. The van der Waals surface area contributed by atoms with Gasteiger partial charge in [-0.05, 0) is 53.7 Å². The first-order chi connectivity index (χ1) is 10.8. The summed E-state index contributed by atoms with van der Waals surface area (Å²) in [7, 11) is 0. The van der Waals surface area contributed by atoms with Crippen molar-refractivity contribution in [2.45, 2.75) is 59.3 Å². The number of amides is 2. The van der Waals surface area contributed by atoms with Crippen molar-refractivity contribution in [3.8, 4) is 0 Å². The van der Waals surface area contributed by atoms with Crippen LogP contribution < -0.4 is 0 Å². The summed E-state index contributed by atoms with van der Waals surface area (Å²) in [5, 5.41) is 0. The Balaban J connectivity index is 3.13. The van der Waals surface area contributed by atoms with Crippen molar-refractivity contribution in [2.75, 3.05) is 0 Å². The van der Waals surface area contributed by atoms with Gasteiger partial charge in [0.1, 0.15) is 11.2 Å². The Kier molecular flexibility index (Phi) is 6.87. The van der Waals surface area contributed by atoms with E-state index in [2.05, 4.69) is 31.9 Å². The van der Waals surface area contributed by atoms with E-state index in [1.165, 1.54) is 0 Å². The van der Waals surface area contributed by atoms with E-state index in [-0.39, 0.29) is 6.54 Å². The summed E-state index contributed by atoms with van der Waals surface area (Å²) in [5.74, 6) is 0. The standard InChI is InChI=1S/C17H23Br2NO4/c1-16(2,3)23-14(21)20(15(22)24-17(4,5)6)10-11-12(18)8-7-9-13(11)19/h7-9H,10H2,1-6H3. The molecule has 0 aliphatic heterocycles. The largest absolute Gasteiger partial charge is 0.443 e. The molecule has 0 bridgehead atoms. The van der Waals surface area contributed by atoms with Crippen LogP contribution in [0.25, 0.3) is 0 Å². The number of hydrogen-bond donors (Lipinski definition) is 0. The first-order valence-corrected chi connectivity index (χ1v) is 9.05. The fourth-order valence-electron chi connectivity index (χ4n) is 1.68. The number of nitrogens with zero attached hydrogens (tertiary/aromatic N) is 1. The van der Waals surface area contributed by atoms with Gasteiger partial charge in [0.25, 0.3) is 0 Å². The van der Waals surface area contributed by atoms with Crippen molar-refractivity contribution in [3.63, 3.8) is 0 Å². The van der Waals surface area contributed by atoms with Crippen molar-refractivity contribution >= 4 is 44.0 Å². The summed E-state index contributed by atoms with van der Waals surface area (Å²) < 4.78 is 12.2. The van der Waals surface area contributed by atoms with Gasteiger partial charge in [0, 0.05) is 14.5 Å². The molecule has 0 aliphatic carbocycles. The summed E-state index contributed by atoms with van der Waals surface area (Å²) in [6.07, 6.45) is -1.50. The maximum Gasteiger partial charge on any atom is 0.420 e. The molecule has 0 atom stereocenters. The number of carbonyl (C=O) groups is 2.